The number of fused-ring (bicyclic) bond motifs is 1. The summed E-state index contributed by atoms with van der Waals surface area (Å²) >= 11 is 0. The maximum absolute atomic E-state index is 12.5. The van der Waals surface area contributed by atoms with Crippen LogP contribution >= 0.6 is 0 Å². The molecule has 0 aliphatic carbocycles. The van der Waals surface area contributed by atoms with Crippen LogP contribution in [-0.2, 0) is 11.3 Å². The van der Waals surface area contributed by atoms with Crippen molar-refractivity contribution in [3.63, 3.8) is 0 Å². The van der Waals surface area contributed by atoms with Gasteiger partial charge in [0.05, 0.1) is 25.8 Å². The number of ether oxygens (including phenoxy) is 2. The van der Waals surface area contributed by atoms with Crippen molar-refractivity contribution in [1.82, 2.24) is 10.2 Å². The molecule has 0 saturated carbocycles. The minimum Gasteiger partial charge on any atom is -0.497 e. The predicted octanol–water partition coefficient (Wildman–Crippen LogP) is 3.64. The normalized spacial score (nSPS) is 10.5. The second-order valence-electron chi connectivity index (χ2n) is 6.91. The summed E-state index contributed by atoms with van der Waals surface area (Å²) in [6.45, 7) is 2.69. The van der Waals surface area contributed by atoms with Crippen LogP contribution < -0.4 is 14.8 Å². The zero-order valence-electron chi connectivity index (χ0n) is 17.5. The first-order valence-corrected chi connectivity index (χ1v) is 9.82. The number of likely N-dealkylation sites (N-methyl/N-ethyl adjacent to an activating group) is 1. The number of hydrogen-bond acceptors (Lipinski definition) is 4. The Morgan fingerprint density at radius 3 is 2.50 bits per heavy atom. The quantitative estimate of drug-likeness (QED) is 0.620. The fourth-order valence-corrected chi connectivity index (χ4v) is 3.18. The van der Waals surface area contributed by atoms with E-state index in [4.69, 9.17) is 9.47 Å². The number of rotatable bonds is 8. The minimum absolute atomic E-state index is 0.0828. The first-order chi connectivity index (χ1) is 14.5. The van der Waals surface area contributed by atoms with Gasteiger partial charge in [-0.05, 0) is 53.6 Å². The highest BCUT2D eigenvalue weighted by Gasteiger charge is 2.15. The Labute approximate surface area is 176 Å². The van der Waals surface area contributed by atoms with E-state index in [0.717, 1.165) is 22.1 Å². The molecule has 0 bridgehead atoms. The largest absolute Gasteiger partial charge is 0.497 e. The molecule has 0 atom stereocenters. The van der Waals surface area contributed by atoms with Crippen molar-refractivity contribution < 1.29 is 19.1 Å². The van der Waals surface area contributed by atoms with Gasteiger partial charge in [0.2, 0.25) is 5.91 Å². The molecule has 6 nitrogen and oxygen atoms in total. The molecule has 0 aliphatic heterocycles. The zero-order valence-corrected chi connectivity index (χ0v) is 17.5. The van der Waals surface area contributed by atoms with Crippen molar-refractivity contribution >= 4 is 22.6 Å². The van der Waals surface area contributed by atoms with Crippen LogP contribution in [0.2, 0.25) is 0 Å². The summed E-state index contributed by atoms with van der Waals surface area (Å²) in [6.07, 6.45) is 0. The average molecular weight is 406 g/mol. The van der Waals surface area contributed by atoms with Gasteiger partial charge in [-0.1, -0.05) is 30.3 Å². The highest BCUT2D eigenvalue weighted by molar-refractivity contribution is 5.98. The number of nitrogens with one attached hydrogen (secondary N) is 1. The van der Waals surface area contributed by atoms with Crippen LogP contribution in [0.4, 0.5) is 0 Å². The molecule has 2 amide bonds. The number of carbonyl (C=O) groups is 2. The summed E-state index contributed by atoms with van der Waals surface area (Å²) in [6, 6.07) is 18.9. The maximum Gasteiger partial charge on any atom is 0.255 e. The minimum atomic E-state index is -0.333. The van der Waals surface area contributed by atoms with Gasteiger partial charge >= 0.3 is 0 Å². The van der Waals surface area contributed by atoms with Gasteiger partial charge in [0.1, 0.15) is 11.5 Å². The van der Waals surface area contributed by atoms with E-state index >= 15 is 0 Å². The van der Waals surface area contributed by atoms with E-state index in [1.54, 1.807) is 43.3 Å². The van der Waals surface area contributed by atoms with Crippen LogP contribution in [0.1, 0.15) is 22.8 Å². The molecule has 0 spiro atoms. The lowest BCUT2D eigenvalue weighted by Crippen LogP contribution is -2.37. The van der Waals surface area contributed by atoms with Crippen LogP contribution in [0.15, 0.2) is 60.7 Å². The third kappa shape index (κ3) is 5.08. The number of carbonyl (C=O) groups excluding carboxylic acids is 2. The topological polar surface area (TPSA) is 67.9 Å². The third-order valence-corrected chi connectivity index (χ3v) is 4.79. The highest BCUT2D eigenvalue weighted by Crippen LogP contribution is 2.22. The number of hydrogen-bond donors (Lipinski definition) is 1. The Morgan fingerprint density at radius 2 is 1.73 bits per heavy atom. The molecular formula is C24H26N2O4. The number of methoxy groups -OCH3 is 1. The fraction of sp³-hybridized carbons (Fsp3) is 0.250. The number of para-hydroxylation sites is 1. The van der Waals surface area contributed by atoms with E-state index in [2.05, 4.69) is 11.4 Å². The van der Waals surface area contributed by atoms with E-state index in [1.165, 1.54) is 0 Å². The van der Waals surface area contributed by atoms with Crippen LogP contribution in [0, 0.1) is 0 Å². The Balaban J connectivity index is 1.59. The first kappa shape index (κ1) is 21.2. The second kappa shape index (κ2) is 9.78. The van der Waals surface area contributed by atoms with Gasteiger partial charge in [-0.3, -0.25) is 9.59 Å². The third-order valence-electron chi connectivity index (χ3n) is 4.79. The van der Waals surface area contributed by atoms with Crippen molar-refractivity contribution in [3.8, 4) is 11.5 Å². The summed E-state index contributed by atoms with van der Waals surface area (Å²) in [4.78, 5) is 26.6. The molecule has 156 valence electrons. The van der Waals surface area contributed by atoms with Gasteiger partial charge in [-0.2, -0.15) is 0 Å². The Hall–Kier alpha value is -3.54. The Morgan fingerprint density at radius 1 is 1.00 bits per heavy atom. The molecule has 0 aromatic heterocycles. The van der Waals surface area contributed by atoms with Crippen molar-refractivity contribution in [2.45, 2.75) is 13.5 Å². The van der Waals surface area contributed by atoms with Gasteiger partial charge in [0.25, 0.3) is 5.91 Å². The summed E-state index contributed by atoms with van der Waals surface area (Å²) in [5.41, 5.74) is 1.43. The molecule has 0 radical (unpaired) electrons. The van der Waals surface area contributed by atoms with Crippen LogP contribution in [0.5, 0.6) is 11.5 Å². The molecule has 0 heterocycles. The standard InChI is InChI=1S/C24H26N2O4/c1-4-30-22-8-6-5-7-21(22)24(28)25-15-23(27)26(2)16-17-9-10-19-14-20(29-3)12-11-18(19)13-17/h5-14H,4,15-16H2,1-3H3,(H,25,28). The van der Waals surface area contributed by atoms with Crippen molar-refractivity contribution in [3.05, 3.63) is 71.8 Å². The second-order valence-corrected chi connectivity index (χ2v) is 6.91. The SMILES string of the molecule is CCOc1ccccc1C(=O)NCC(=O)N(C)Cc1ccc2cc(OC)ccc2c1. The van der Waals surface area contributed by atoms with E-state index in [-0.39, 0.29) is 18.4 Å². The van der Waals surface area contributed by atoms with E-state index < -0.39 is 0 Å². The van der Waals surface area contributed by atoms with Crippen LogP contribution in [0.3, 0.4) is 0 Å². The summed E-state index contributed by atoms with van der Waals surface area (Å²) in [5.74, 6) is 0.808. The molecule has 6 heteroatoms. The van der Waals surface area contributed by atoms with Crippen molar-refractivity contribution in [2.75, 3.05) is 27.3 Å². The van der Waals surface area contributed by atoms with Gasteiger partial charge in [-0.25, -0.2) is 0 Å². The molecule has 1 N–H and O–H groups in total. The smallest absolute Gasteiger partial charge is 0.255 e. The molecule has 0 unspecified atom stereocenters. The van der Waals surface area contributed by atoms with Gasteiger partial charge < -0.3 is 19.7 Å². The molecule has 0 fully saturated rings. The molecule has 3 aromatic carbocycles. The lowest BCUT2D eigenvalue weighted by Gasteiger charge is -2.18. The monoisotopic (exact) mass is 406 g/mol. The lowest BCUT2D eigenvalue weighted by atomic mass is 10.1. The number of nitrogens with zero attached hydrogens (tertiary/aromatic N) is 1. The lowest BCUT2D eigenvalue weighted by molar-refractivity contribution is -0.129. The highest BCUT2D eigenvalue weighted by atomic mass is 16.5. The van der Waals surface area contributed by atoms with Crippen LogP contribution in [-0.4, -0.2) is 44.0 Å². The zero-order chi connectivity index (χ0) is 21.5. The summed E-state index contributed by atoms with van der Waals surface area (Å²) in [7, 11) is 3.37. The van der Waals surface area contributed by atoms with Crippen molar-refractivity contribution in [1.29, 1.82) is 0 Å². The van der Waals surface area contributed by atoms with Gasteiger partial charge in [-0.15, -0.1) is 0 Å². The molecule has 0 saturated heterocycles. The van der Waals surface area contributed by atoms with E-state index in [1.807, 2.05) is 37.3 Å². The predicted molar refractivity (Wildman–Crippen MR) is 117 cm³/mol. The Bertz CT molecular complexity index is 1050. The maximum atomic E-state index is 12.5. The van der Waals surface area contributed by atoms with Gasteiger partial charge in [0.15, 0.2) is 0 Å². The summed E-state index contributed by atoms with van der Waals surface area (Å²) < 4.78 is 10.7. The van der Waals surface area contributed by atoms with E-state index in [9.17, 15) is 9.59 Å². The average Bonchev–Trinajstić information content (AvgIpc) is 2.77. The number of benzene rings is 3. The fourth-order valence-electron chi connectivity index (χ4n) is 3.18. The molecular weight excluding hydrogens is 380 g/mol. The van der Waals surface area contributed by atoms with Gasteiger partial charge in [0, 0.05) is 13.6 Å². The molecule has 3 rings (SSSR count). The summed E-state index contributed by atoms with van der Waals surface area (Å²) in [5, 5.41) is 4.84. The van der Waals surface area contributed by atoms with E-state index in [0.29, 0.717) is 24.5 Å². The molecule has 0 aliphatic rings. The number of amides is 2. The van der Waals surface area contributed by atoms with Crippen LogP contribution in [0.25, 0.3) is 10.8 Å². The first-order valence-electron chi connectivity index (χ1n) is 9.82. The molecule has 30 heavy (non-hydrogen) atoms. The molecule has 3 aromatic rings. The van der Waals surface area contributed by atoms with Crippen molar-refractivity contribution in [2.24, 2.45) is 0 Å². The Kier molecular flexibility index (Phi) is 6.91.